The average Bonchev–Trinajstić information content (AvgIpc) is 3.11. The van der Waals surface area contributed by atoms with E-state index in [1.54, 1.807) is 0 Å². The SMILES string of the molecule is C[C@@]12[C@H]3CC[C@@H]1[C@@H](O)C[N@+]2(Cc1cccc2ccccc12)CC3.[Br-]. The summed E-state index contributed by atoms with van der Waals surface area (Å²) in [6, 6.07) is 15.5. The van der Waals surface area contributed by atoms with E-state index >= 15 is 0 Å². The number of halogens is 1. The third-order valence-electron chi connectivity index (χ3n) is 7.68. The Morgan fingerprint density at radius 1 is 1.08 bits per heavy atom. The van der Waals surface area contributed by atoms with Crippen molar-refractivity contribution in [3.8, 4) is 0 Å². The lowest BCUT2D eigenvalue weighted by molar-refractivity contribution is -0.965. The molecular weight excluding hydrogens is 362 g/mol. The molecule has 0 spiro atoms. The Morgan fingerprint density at radius 3 is 2.75 bits per heavy atom. The predicted molar refractivity (Wildman–Crippen MR) is 92.9 cm³/mol. The second kappa shape index (κ2) is 5.55. The van der Waals surface area contributed by atoms with E-state index in [-0.39, 0.29) is 23.1 Å². The Labute approximate surface area is 154 Å². The highest BCUT2D eigenvalue weighted by Crippen LogP contribution is 2.60. The molecule has 0 amide bonds. The zero-order valence-electron chi connectivity index (χ0n) is 14.3. The highest BCUT2D eigenvalue weighted by molar-refractivity contribution is 5.85. The molecule has 1 aliphatic carbocycles. The maximum Gasteiger partial charge on any atom is 0.112 e. The van der Waals surface area contributed by atoms with Gasteiger partial charge in [0.25, 0.3) is 0 Å². The van der Waals surface area contributed by atoms with Crippen molar-refractivity contribution >= 4 is 10.8 Å². The second-order valence-electron chi connectivity index (χ2n) is 8.31. The topological polar surface area (TPSA) is 20.2 Å². The molecule has 2 aliphatic heterocycles. The van der Waals surface area contributed by atoms with Gasteiger partial charge in [0.1, 0.15) is 24.7 Å². The maximum atomic E-state index is 10.7. The van der Waals surface area contributed by atoms with Gasteiger partial charge in [0.2, 0.25) is 0 Å². The summed E-state index contributed by atoms with van der Waals surface area (Å²) in [6.45, 7) is 5.78. The quantitative estimate of drug-likeness (QED) is 0.752. The van der Waals surface area contributed by atoms with E-state index in [9.17, 15) is 5.11 Å². The summed E-state index contributed by atoms with van der Waals surface area (Å²) in [5.41, 5.74) is 1.76. The predicted octanol–water partition coefficient (Wildman–Crippen LogP) is 0.724. The van der Waals surface area contributed by atoms with Crippen molar-refractivity contribution in [2.75, 3.05) is 13.1 Å². The minimum atomic E-state index is -0.0970. The van der Waals surface area contributed by atoms with E-state index in [4.69, 9.17) is 0 Å². The van der Waals surface area contributed by atoms with Crippen LogP contribution < -0.4 is 17.0 Å². The summed E-state index contributed by atoms with van der Waals surface area (Å²) in [7, 11) is 0. The second-order valence-corrected chi connectivity index (χ2v) is 8.31. The van der Waals surface area contributed by atoms with Crippen LogP contribution in [0.4, 0.5) is 0 Å². The van der Waals surface area contributed by atoms with Gasteiger partial charge in [0.05, 0.1) is 6.54 Å². The van der Waals surface area contributed by atoms with Crippen LogP contribution in [-0.4, -0.2) is 34.3 Å². The molecule has 2 nitrogen and oxygen atoms in total. The standard InChI is InChI=1S/C21H26NO.BrH/c1-21-17-9-10-19(21)20(23)14-22(21,12-11-17)13-16-7-4-6-15-5-2-3-8-18(15)16;/h2-8,17,19-20,23H,9-14H2,1H3;1H/q+1;/p-1/t17-,19+,20-,21+,22+;/m0./s1. The summed E-state index contributed by atoms with van der Waals surface area (Å²) in [4.78, 5) is 0. The first-order valence-electron chi connectivity index (χ1n) is 9.15. The molecule has 3 aliphatic rings. The van der Waals surface area contributed by atoms with Crippen LogP contribution in [-0.2, 0) is 6.54 Å². The van der Waals surface area contributed by atoms with Crippen LogP contribution >= 0.6 is 0 Å². The fourth-order valence-corrected chi connectivity index (χ4v) is 6.51. The Bertz CT molecular complexity index is 772. The number of aliphatic hydroxyl groups excluding tert-OH is 1. The van der Waals surface area contributed by atoms with Gasteiger partial charge in [0, 0.05) is 23.8 Å². The summed E-state index contributed by atoms with van der Waals surface area (Å²) >= 11 is 0. The van der Waals surface area contributed by atoms with E-state index in [0.717, 1.165) is 23.5 Å². The summed E-state index contributed by atoms with van der Waals surface area (Å²) in [5, 5.41) is 13.5. The van der Waals surface area contributed by atoms with Crippen LogP contribution in [0.3, 0.4) is 0 Å². The monoisotopic (exact) mass is 387 g/mol. The maximum absolute atomic E-state index is 10.7. The Hall–Kier alpha value is -0.900. The zero-order chi connectivity index (χ0) is 15.7. The summed E-state index contributed by atoms with van der Waals surface area (Å²) < 4.78 is 1.12. The van der Waals surface area contributed by atoms with Gasteiger partial charge < -0.3 is 26.6 Å². The molecule has 3 fully saturated rings. The van der Waals surface area contributed by atoms with Gasteiger partial charge in [-0.25, -0.2) is 0 Å². The third-order valence-corrected chi connectivity index (χ3v) is 7.68. The first-order chi connectivity index (χ1) is 11.1. The number of nitrogens with zero attached hydrogens (tertiary/aromatic N) is 1. The number of rotatable bonds is 2. The van der Waals surface area contributed by atoms with Crippen LogP contribution in [0.5, 0.6) is 0 Å². The number of fused-ring (bicyclic) bond motifs is 1. The number of quaternary nitrogens is 1. The van der Waals surface area contributed by atoms with Crippen LogP contribution in [0.25, 0.3) is 10.8 Å². The smallest absolute Gasteiger partial charge is 0.112 e. The van der Waals surface area contributed by atoms with Crippen molar-refractivity contribution < 1.29 is 26.6 Å². The molecule has 2 heterocycles. The van der Waals surface area contributed by atoms with Crippen molar-refractivity contribution in [2.45, 2.75) is 44.4 Å². The zero-order valence-corrected chi connectivity index (χ0v) is 15.9. The van der Waals surface area contributed by atoms with Crippen LogP contribution in [0, 0.1) is 11.8 Å². The molecule has 24 heavy (non-hydrogen) atoms. The molecule has 0 bridgehead atoms. The first kappa shape index (κ1) is 16.6. The number of hydrogen-bond acceptors (Lipinski definition) is 1. The largest absolute Gasteiger partial charge is 1.00 e. The molecule has 1 N–H and O–H groups in total. The van der Waals surface area contributed by atoms with Crippen molar-refractivity contribution in [1.29, 1.82) is 0 Å². The van der Waals surface area contributed by atoms with Crippen LogP contribution in [0.15, 0.2) is 42.5 Å². The van der Waals surface area contributed by atoms with Crippen molar-refractivity contribution in [3.05, 3.63) is 48.0 Å². The summed E-state index contributed by atoms with van der Waals surface area (Å²) in [6.07, 6.45) is 3.82. The Balaban J connectivity index is 0.00000146. The highest BCUT2D eigenvalue weighted by atomic mass is 79.9. The number of aliphatic hydroxyl groups is 1. The Morgan fingerprint density at radius 2 is 1.88 bits per heavy atom. The third kappa shape index (κ3) is 1.95. The fourth-order valence-electron chi connectivity index (χ4n) is 6.51. The average molecular weight is 388 g/mol. The van der Waals surface area contributed by atoms with Gasteiger partial charge in [-0.3, -0.25) is 0 Å². The molecule has 2 saturated heterocycles. The van der Waals surface area contributed by atoms with Crippen molar-refractivity contribution in [1.82, 2.24) is 0 Å². The molecule has 2 aromatic rings. The molecule has 0 aromatic heterocycles. The molecule has 0 unspecified atom stereocenters. The highest BCUT2D eigenvalue weighted by Gasteiger charge is 2.70. The van der Waals surface area contributed by atoms with Crippen molar-refractivity contribution in [3.63, 3.8) is 0 Å². The van der Waals surface area contributed by atoms with Gasteiger partial charge >= 0.3 is 0 Å². The summed E-state index contributed by atoms with van der Waals surface area (Å²) in [5.74, 6) is 1.34. The van der Waals surface area contributed by atoms with E-state index < -0.39 is 0 Å². The lowest BCUT2D eigenvalue weighted by Gasteiger charge is -2.44. The minimum Gasteiger partial charge on any atom is -1.00 e. The molecule has 5 atom stereocenters. The number of benzene rings is 2. The van der Waals surface area contributed by atoms with E-state index in [1.807, 2.05) is 0 Å². The van der Waals surface area contributed by atoms with Crippen molar-refractivity contribution in [2.24, 2.45) is 11.8 Å². The fraction of sp³-hybridized carbons (Fsp3) is 0.524. The van der Waals surface area contributed by atoms with Gasteiger partial charge in [0.15, 0.2) is 0 Å². The lowest BCUT2D eigenvalue weighted by atomic mass is 9.83. The molecule has 1 saturated carbocycles. The first-order valence-corrected chi connectivity index (χ1v) is 9.15. The van der Waals surface area contributed by atoms with Gasteiger partial charge in [-0.2, -0.15) is 0 Å². The molecule has 128 valence electrons. The minimum absolute atomic E-state index is 0. The van der Waals surface area contributed by atoms with E-state index in [0.29, 0.717) is 11.5 Å². The van der Waals surface area contributed by atoms with Gasteiger partial charge in [-0.15, -0.1) is 0 Å². The van der Waals surface area contributed by atoms with Crippen LogP contribution in [0.2, 0.25) is 0 Å². The Kier molecular flexibility index (Phi) is 3.83. The van der Waals surface area contributed by atoms with E-state index in [1.165, 1.54) is 42.1 Å². The van der Waals surface area contributed by atoms with Gasteiger partial charge in [-0.05, 0) is 30.5 Å². The lowest BCUT2D eigenvalue weighted by Crippen LogP contribution is -3.00. The normalized spacial score (nSPS) is 39.8. The molecule has 3 heteroatoms. The van der Waals surface area contributed by atoms with Crippen LogP contribution in [0.1, 0.15) is 31.7 Å². The van der Waals surface area contributed by atoms with E-state index in [2.05, 4.69) is 49.4 Å². The van der Waals surface area contributed by atoms with Gasteiger partial charge in [-0.1, -0.05) is 42.5 Å². The number of hydrogen-bond donors (Lipinski definition) is 1. The molecule has 2 aromatic carbocycles. The molecular formula is C21H26BrNO. The molecule has 5 rings (SSSR count). The molecule has 0 radical (unpaired) electrons.